The van der Waals surface area contributed by atoms with Gasteiger partial charge in [0.25, 0.3) is 0 Å². The third-order valence-corrected chi connectivity index (χ3v) is 4.89. The Morgan fingerprint density at radius 3 is 2.55 bits per heavy atom. The zero-order chi connectivity index (χ0) is 21.1. The first-order valence-electron chi connectivity index (χ1n) is 9.14. The number of carbonyl (C=O) groups is 3. The van der Waals surface area contributed by atoms with E-state index in [1.54, 1.807) is 6.92 Å². The average Bonchev–Trinajstić information content (AvgIpc) is 3.10. The second kappa shape index (κ2) is 8.58. The van der Waals surface area contributed by atoms with Crippen molar-refractivity contribution >= 4 is 23.8 Å². The number of nitrogens with zero attached hydrogens (tertiary/aromatic N) is 2. The van der Waals surface area contributed by atoms with E-state index in [0.29, 0.717) is 12.8 Å². The number of cyclic esters (lactones) is 1. The normalized spacial score (nSPS) is 19.9. The highest BCUT2D eigenvalue weighted by atomic mass is 19.2. The molecule has 1 aromatic carbocycles. The lowest BCUT2D eigenvalue weighted by atomic mass is 10.0. The molecule has 29 heavy (non-hydrogen) atoms. The van der Waals surface area contributed by atoms with E-state index in [9.17, 15) is 27.6 Å². The molecule has 8 nitrogen and oxygen atoms in total. The predicted octanol–water partition coefficient (Wildman–Crippen LogP) is 2.48. The molecule has 1 aromatic rings. The van der Waals surface area contributed by atoms with Crippen LogP contribution in [0.1, 0.15) is 19.8 Å². The highest BCUT2D eigenvalue weighted by Gasteiger charge is 2.44. The Labute approximate surface area is 164 Å². The van der Waals surface area contributed by atoms with Crippen molar-refractivity contribution in [2.45, 2.75) is 31.8 Å². The monoisotopic (exact) mass is 415 g/mol. The van der Waals surface area contributed by atoms with Gasteiger partial charge in [-0.1, -0.05) is 0 Å². The van der Waals surface area contributed by atoms with Crippen molar-refractivity contribution < 1.29 is 37.0 Å². The van der Waals surface area contributed by atoms with Crippen LogP contribution in [0.15, 0.2) is 12.1 Å². The topological polar surface area (TPSA) is 88.2 Å². The second-order valence-electron chi connectivity index (χ2n) is 6.62. The lowest BCUT2D eigenvalue weighted by molar-refractivity contribution is -0.148. The molecule has 2 saturated heterocycles. The molecule has 2 aliphatic rings. The first-order valence-corrected chi connectivity index (χ1v) is 9.14. The fraction of sp³-hybridized carbons (Fsp3) is 0.500. The van der Waals surface area contributed by atoms with Gasteiger partial charge in [-0.2, -0.15) is 0 Å². The number of carbonyl (C=O) groups excluding carboxylic acids is 3. The maximum atomic E-state index is 13.7. The second-order valence-corrected chi connectivity index (χ2v) is 6.62. The number of amides is 3. The standard InChI is InChI=1S/C18H20F3N3O5/c1-2-28-16(25)13-9-29-18(27)24(13)10-5-7-23(8-6-10)17(26)22-12-4-3-11(19)14(20)15(12)21/h3-4,10,13H,2,5-9H2,1H3,(H,22,26). The lowest BCUT2D eigenvalue weighted by Gasteiger charge is -2.37. The van der Waals surface area contributed by atoms with Gasteiger partial charge in [-0.05, 0) is 31.9 Å². The summed E-state index contributed by atoms with van der Waals surface area (Å²) in [7, 11) is 0. The van der Waals surface area contributed by atoms with Gasteiger partial charge < -0.3 is 19.7 Å². The molecule has 2 fully saturated rings. The van der Waals surface area contributed by atoms with E-state index in [0.717, 1.165) is 12.1 Å². The summed E-state index contributed by atoms with van der Waals surface area (Å²) in [6.45, 7) is 2.17. The summed E-state index contributed by atoms with van der Waals surface area (Å²) < 4.78 is 50.0. The number of anilines is 1. The zero-order valence-electron chi connectivity index (χ0n) is 15.6. The van der Waals surface area contributed by atoms with Crippen LogP contribution in [-0.4, -0.2) is 66.3 Å². The number of halogens is 3. The molecular formula is C18H20F3N3O5. The molecule has 1 unspecified atom stereocenters. The van der Waals surface area contributed by atoms with Gasteiger partial charge in [-0.3, -0.25) is 4.90 Å². The first-order chi connectivity index (χ1) is 13.8. The number of ether oxygens (including phenoxy) is 2. The summed E-state index contributed by atoms with van der Waals surface area (Å²) in [6, 6.07) is -0.191. The summed E-state index contributed by atoms with van der Waals surface area (Å²) in [5.74, 6) is -5.05. The van der Waals surface area contributed by atoms with Crippen LogP contribution in [0.25, 0.3) is 0 Å². The SMILES string of the molecule is CCOC(=O)C1COC(=O)N1C1CCN(C(=O)Nc2ccc(F)c(F)c2F)CC1. The minimum atomic E-state index is -1.67. The number of piperidine rings is 1. The van der Waals surface area contributed by atoms with E-state index in [-0.39, 0.29) is 32.3 Å². The quantitative estimate of drug-likeness (QED) is 0.603. The Kier molecular flexibility index (Phi) is 6.14. The van der Waals surface area contributed by atoms with Crippen molar-refractivity contribution in [3.63, 3.8) is 0 Å². The number of hydrogen-bond acceptors (Lipinski definition) is 5. The Hall–Kier alpha value is -2.98. The van der Waals surface area contributed by atoms with Crippen LogP contribution < -0.4 is 5.32 Å². The maximum absolute atomic E-state index is 13.7. The Balaban J connectivity index is 1.60. The molecule has 0 aliphatic carbocycles. The molecule has 1 atom stereocenters. The summed E-state index contributed by atoms with van der Waals surface area (Å²) in [4.78, 5) is 39.1. The van der Waals surface area contributed by atoms with Crippen molar-refractivity contribution in [2.24, 2.45) is 0 Å². The predicted molar refractivity (Wildman–Crippen MR) is 93.5 cm³/mol. The molecule has 0 aromatic heterocycles. The van der Waals surface area contributed by atoms with E-state index >= 15 is 0 Å². The van der Waals surface area contributed by atoms with Crippen molar-refractivity contribution in [3.05, 3.63) is 29.6 Å². The fourth-order valence-corrected chi connectivity index (χ4v) is 3.42. The van der Waals surface area contributed by atoms with E-state index in [1.165, 1.54) is 9.80 Å². The fourth-order valence-electron chi connectivity index (χ4n) is 3.42. The number of hydrogen-bond donors (Lipinski definition) is 1. The van der Waals surface area contributed by atoms with E-state index in [4.69, 9.17) is 9.47 Å². The molecule has 2 aliphatic heterocycles. The van der Waals surface area contributed by atoms with Crippen LogP contribution in [0, 0.1) is 17.5 Å². The molecular weight excluding hydrogens is 395 g/mol. The molecule has 0 saturated carbocycles. The minimum Gasteiger partial charge on any atom is -0.464 e. The zero-order valence-corrected chi connectivity index (χ0v) is 15.6. The van der Waals surface area contributed by atoms with Gasteiger partial charge in [-0.15, -0.1) is 0 Å². The Morgan fingerprint density at radius 1 is 1.21 bits per heavy atom. The number of benzene rings is 1. The largest absolute Gasteiger partial charge is 0.464 e. The summed E-state index contributed by atoms with van der Waals surface area (Å²) >= 11 is 0. The van der Waals surface area contributed by atoms with Crippen molar-refractivity contribution in [3.8, 4) is 0 Å². The maximum Gasteiger partial charge on any atom is 0.410 e. The lowest BCUT2D eigenvalue weighted by Crippen LogP contribution is -2.52. The van der Waals surface area contributed by atoms with Gasteiger partial charge in [0, 0.05) is 19.1 Å². The van der Waals surface area contributed by atoms with Gasteiger partial charge in [-0.25, -0.2) is 27.6 Å². The number of nitrogens with one attached hydrogen (secondary N) is 1. The highest BCUT2D eigenvalue weighted by Crippen LogP contribution is 2.26. The molecule has 3 amide bonds. The van der Waals surface area contributed by atoms with Gasteiger partial charge in [0.1, 0.15) is 6.61 Å². The van der Waals surface area contributed by atoms with Crippen LogP contribution in [-0.2, 0) is 14.3 Å². The van der Waals surface area contributed by atoms with Crippen molar-refractivity contribution in [1.82, 2.24) is 9.80 Å². The smallest absolute Gasteiger partial charge is 0.410 e. The molecule has 0 bridgehead atoms. The average molecular weight is 415 g/mol. The highest BCUT2D eigenvalue weighted by molar-refractivity contribution is 5.89. The molecule has 158 valence electrons. The summed E-state index contributed by atoms with van der Waals surface area (Å²) in [6.07, 6.45) is 0.104. The van der Waals surface area contributed by atoms with Crippen LogP contribution in [0.2, 0.25) is 0 Å². The number of rotatable bonds is 4. The van der Waals surface area contributed by atoms with Gasteiger partial charge in [0.05, 0.1) is 12.3 Å². The van der Waals surface area contributed by atoms with Crippen molar-refractivity contribution in [1.29, 1.82) is 0 Å². The van der Waals surface area contributed by atoms with Gasteiger partial charge in [0.15, 0.2) is 23.5 Å². The molecule has 1 N–H and O–H groups in total. The molecule has 3 rings (SSSR count). The molecule has 0 radical (unpaired) electrons. The Morgan fingerprint density at radius 2 is 1.90 bits per heavy atom. The summed E-state index contributed by atoms with van der Waals surface area (Å²) in [5.41, 5.74) is -0.471. The molecule has 11 heteroatoms. The van der Waals surface area contributed by atoms with Gasteiger partial charge >= 0.3 is 18.1 Å². The third kappa shape index (κ3) is 4.22. The van der Waals surface area contributed by atoms with E-state index < -0.39 is 47.3 Å². The van der Waals surface area contributed by atoms with Gasteiger partial charge in [0.2, 0.25) is 0 Å². The van der Waals surface area contributed by atoms with Crippen LogP contribution in [0.4, 0.5) is 28.4 Å². The van der Waals surface area contributed by atoms with Crippen LogP contribution in [0.3, 0.4) is 0 Å². The van der Waals surface area contributed by atoms with Crippen molar-refractivity contribution in [2.75, 3.05) is 31.6 Å². The molecule has 2 heterocycles. The van der Waals surface area contributed by atoms with Crippen LogP contribution >= 0.6 is 0 Å². The van der Waals surface area contributed by atoms with E-state index in [1.807, 2.05) is 0 Å². The number of urea groups is 1. The Bertz CT molecular complexity index is 814. The van der Waals surface area contributed by atoms with E-state index in [2.05, 4.69) is 5.32 Å². The summed E-state index contributed by atoms with van der Waals surface area (Å²) in [5, 5.41) is 2.21. The third-order valence-electron chi connectivity index (χ3n) is 4.89. The minimum absolute atomic E-state index is 0.0895. The van der Waals surface area contributed by atoms with Crippen LogP contribution in [0.5, 0.6) is 0 Å². The number of likely N-dealkylation sites (tertiary alicyclic amines) is 1. The first kappa shape index (κ1) is 20.7. The number of esters is 1. The molecule has 0 spiro atoms.